The zero-order chi connectivity index (χ0) is 9.42. The van der Waals surface area contributed by atoms with E-state index in [0.29, 0.717) is 16.7 Å². The van der Waals surface area contributed by atoms with E-state index in [9.17, 15) is 4.79 Å². The number of nitrogens with two attached hydrogens (primary N) is 1. The van der Waals surface area contributed by atoms with Crippen LogP contribution < -0.4 is 5.73 Å². The van der Waals surface area contributed by atoms with Gasteiger partial charge in [0.2, 0.25) is 0 Å². The number of rotatable bonds is 1. The van der Waals surface area contributed by atoms with Crippen LogP contribution in [0.15, 0.2) is 23.2 Å². The zero-order valence-electron chi connectivity index (χ0n) is 6.82. The first kappa shape index (κ1) is 7.94. The summed E-state index contributed by atoms with van der Waals surface area (Å²) < 4.78 is 0. The monoisotopic (exact) mass is 176 g/mol. The van der Waals surface area contributed by atoms with Crippen molar-refractivity contribution >= 4 is 11.7 Å². The predicted molar refractivity (Wildman–Crippen MR) is 47.4 cm³/mol. The highest BCUT2D eigenvalue weighted by Crippen LogP contribution is 2.21. The van der Waals surface area contributed by atoms with Crippen LogP contribution in [0.3, 0.4) is 0 Å². The van der Waals surface area contributed by atoms with Gasteiger partial charge in [-0.1, -0.05) is 18.2 Å². The van der Waals surface area contributed by atoms with Crippen molar-refractivity contribution in [1.29, 1.82) is 0 Å². The van der Waals surface area contributed by atoms with Gasteiger partial charge in [-0.2, -0.15) is 4.99 Å². The summed E-state index contributed by atoms with van der Waals surface area (Å²) in [7, 11) is 0. The van der Waals surface area contributed by atoms with E-state index >= 15 is 0 Å². The Balaban J connectivity index is 2.68. The molecule has 0 saturated carbocycles. The molecule has 1 aromatic rings. The summed E-state index contributed by atoms with van der Waals surface area (Å²) in [6.45, 7) is -0.169. The first-order chi connectivity index (χ1) is 6.24. The quantitative estimate of drug-likeness (QED) is 0.634. The second kappa shape index (κ2) is 2.67. The Morgan fingerprint density at radius 1 is 1.46 bits per heavy atom. The van der Waals surface area contributed by atoms with Gasteiger partial charge < -0.3 is 10.8 Å². The third kappa shape index (κ3) is 1.03. The topological polar surface area (TPSA) is 75.7 Å². The van der Waals surface area contributed by atoms with Gasteiger partial charge in [-0.15, -0.1) is 0 Å². The number of amides is 1. The van der Waals surface area contributed by atoms with E-state index in [1.807, 2.05) is 0 Å². The molecule has 0 aromatic heterocycles. The molecular weight excluding hydrogens is 168 g/mol. The molecule has 1 aliphatic heterocycles. The highest BCUT2D eigenvalue weighted by molar-refractivity contribution is 6.20. The lowest BCUT2D eigenvalue weighted by molar-refractivity contribution is 0.100. The number of aliphatic hydroxyl groups excluding tert-OH is 1. The lowest BCUT2D eigenvalue weighted by atomic mass is 10.0. The molecule has 1 amide bonds. The number of carbonyl (C=O) groups is 1. The smallest absolute Gasteiger partial charge is 0.280 e. The maximum atomic E-state index is 11.3. The molecule has 0 bridgehead atoms. The fourth-order valence-electron chi connectivity index (χ4n) is 1.42. The van der Waals surface area contributed by atoms with E-state index < -0.39 is 0 Å². The van der Waals surface area contributed by atoms with E-state index in [2.05, 4.69) is 4.99 Å². The number of hydrogen-bond donors (Lipinski definition) is 2. The molecule has 0 spiro atoms. The van der Waals surface area contributed by atoms with Crippen molar-refractivity contribution in [3.8, 4) is 0 Å². The van der Waals surface area contributed by atoms with E-state index in [1.54, 1.807) is 18.2 Å². The molecule has 1 aromatic carbocycles. The number of nitrogens with zero attached hydrogens (tertiary/aromatic N) is 1. The lowest BCUT2D eigenvalue weighted by Gasteiger charge is -2.02. The summed E-state index contributed by atoms with van der Waals surface area (Å²) in [5.74, 6) is -0.132. The van der Waals surface area contributed by atoms with Crippen LogP contribution in [0, 0.1) is 0 Å². The Morgan fingerprint density at radius 2 is 2.23 bits per heavy atom. The van der Waals surface area contributed by atoms with Crippen molar-refractivity contribution in [3.63, 3.8) is 0 Å². The number of hydrogen-bond acceptors (Lipinski definition) is 3. The Kier molecular flexibility index (Phi) is 1.63. The van der Waals surface area contributed by atoms with Gasteiger partial charge in [0, 0.05) is 5.56 Å². The molecule has 0 radical (unpaired) electrons. The Bertz CT molecular complexity index is 410. The van der Waals surface area contributed by atoms with Crippen LogP contribution in [0.1, 0.15) is 21.5 Å². The molecule has 66 valence electrons. The average molecular weight is 176 g/mol. The van der Waals surface area contributed by atoms with Gasteiger partial charge in [0.15, 0.2) is 0 Å². The molecule has 3 N–H and O–H groups in total. The fourth-order valence-corrected chi connectivity index (χ4v) is 1.42. The number of aliphatic imine (C=N–C) groups is 1. The summed E-state index contributed by atoms with van der Waals surface area (Å²) in [5, 5.41) is 8.96. The second-order valence-electron chi connectivity index (χ2n) is 2.80. The molecule has 0 saturated heterocycles. The molecule has 0 atom stereocenters. The van der Waals surface area contributed by atoms with Crippen molar-refractivity contribution in [2.75, 3.05) is 0 Å². The lowest BCUT2D eigenvalue weighted by Crippen LogP contribution is -2.10. The number of carbonyl (C=O) groups excluding carboxylic acids is 1. The van der Waals surface area contributed by atoms with E-state index in [-0.39, 0.29) is 18.3 Å². The maximum absolute atomic E-state index is 11.3. The van der Waals surface area contributed by atoms with Crippen molar-refractivity contribution in [2.45, 2.75) is 6.61 Å². The number of benzene rings is 1. The van der Waals surface area contributed by atoms with Gasteiger partial charge in [0.05, 0.1) is 12.2 Å². The van der Waals surface area contributed by atoms with Crippen molar-refractivity contribution < 1.29 is 9.90 Å². The van der Waals surface area contributed by atoms with Crippen LogP contribution in [-0.4, -0.2) is 16.8 Å². The van der Waals surface area contributed by atoms with Crippen LogP contribution >= 0.6 is 0 Å². The summed E-state index contributed by atoms with van der Waals surface area (Å²) in [4.78, 5) is 14.9. The van der Waals surface area contributed by atoms with Gasteiger partial charge in [-0.05, 0) is 5.56 Å². The SMILES string of the molecule is NC1=NC(=O)c2c(CO)cccc21. The predicted octanol–water partition coefficient (Wildman–Crippen LogP) is 0.0380. The summed E-state index contributed by atoms with van der Waals surface area (Å²) in [5.41, 5.74) is 7.14. The van der Waals surface area contributed by atoms with Crippen LogP contribution in [-0.2, 0) is 6.61 Å². The number of fused-ring (bicyclic) bond motifs is 1. The first-order valence-corrected chi connectivity index (χ1v) is 3.85. The van der Waals surface area contributed by atoms with Crippen LogP contribution in [0.2, 0.25) is 0 Å². The summed E-state index contributed by atoms with van der Waals surface area (Å²) in [6.07, 6.45) is 0. The molecule has 4 heteroatoms. The fraction of sp³-hybridized carbons (Fsp3) is 0.111. The molecule has 0 aliphatic carbocycles. The molecule has 1 heterocycles. The van der Waals surface area contributed by atoms with Gasteiger partial charge in [-0.25, -0.2) is 0 Å². The minimum Gasteiger partial charge on any atom is -0.392 e. The number of amidine groups is 1. The Hall–Kier alpha value is -1.68. The maximum Gasteiger partial charge on any atom is 0.280 e. The van der Waals surface area contributed by atoms with E-state index in [0.717, 1.165) is 0 Å². The molecule has 4 nitrogen and oxygen atoms in total. The normalized spacial score (nSPS) is 14.2. The summed E-state index contributed by atoms with van der Waals surface area (Å²) in [6, 6.07) is 5.15. The molecular formula is C9H8N2O2. The van der Waals surface area contributed by atoms with Gasteiger partial charge >= 0.3 is 0 Å². The largest absolute Gasteiger partial charge is 0.392 e. The zero-order valence-corrected chi connectivity index (χ0v) is 6.82. The van der Waals surface area contributed by atoms with Crippen LogP contribution in [0.25, 0.3) is 0 Å². The molecule has 0 unspecified atom stereocenters. The van der Waals surface area contributed by atoms with Gasteiger partial charge in [0.25, 0.3) is 5.91 Å². The molecule has 13 heavy (non-hydrogen) atoms. The van der Waals surface area contributed by atoms with Gasteiger partial charge in [-0.3, -0.25) is 4.79 Å². The number of aliphatic hydroxyl groups is 1. The minimum atomic E-state index is -0.364. The van der Waals surface area contributed by atoms with Crippen LogP contribution in [0.4, 0.5) is 0 Å². The molecule has 1 aliphatic rings. The standard InChI is InChI=1S/C9H8N2O2/c10-8-6-3-1-2-5(4-12)7(6)9(13)11-8/h1-3,12H,4H2,(H2,10,11,13). The third-order valence-corrected chi connectivity index (χ3v) is 2.03. The van der Waals surface area contributed by atoms with E-state index in [1.165, 1.54) is 0 Å². The molecule has 0 fully saturated rings. The molecule has 2 rings (SSSR count). The summed E-state index contributed by atoms with van der Waals surface area (Å²) >= 11 is 0. The van der Waals surface area contributed by atoms with Crippen molar-refractivity contribution in [2.24, 2.45) is 10.7 Å². The average Bonchev–Trinajstić information content (AvgIpc) is 2.43. The van der Waals surface area contributed by atoms with Crippen molar-refractivity contribution in [1.82, 2.24) is 0 Å². The highest BCUT2D eigenvalue weighted by atomic mass is 16.3. The van der Waals surface area contributed by atoms with E-state index in [4.69, 9.17) is 10.8 Å². The first-order valence-electron chi connectivity index (χ1n) is 3.85. The van der Waals surface area contributed by atoms with Crippen molar-refractivity contribution in [3.05, 3.63) is 34.9 Å². The Morgan fingerprint density at radius 3 is 2.92 bits per heavy atom. The second-order valence-corrected chi connectivity index (χ2v) is 2.80. The third-order valence-electron chi connectivity index (χ3n) is 2.03. The highest BCUT2D eigenvalue weighted by Gasteiger charge is 2.23. The van der Waals surface area contributed by atoms with Crippen LogP contribution in [0.5, 0.6) is 0 Å². The Labute approximate surface area is 74.7 Å². The van der Waals surface area contributed by atoms with Gasteiger partial charge in [0.1, 0.15) is 5.84 Å². The minimum absolute atomic E-state index is 0.169.